The first kappa shape index (κ1) is 16.0. The molecule has 1 rings (SSSR count). The van der Waals surface area contributed by atoms with Crippen LogP contribution in [0.2, 0.25) is 5.02 Å². The average Bonchev–Trinajstić information content (AvgIpc) is 2.39. The molecule has 0 amide bonds. The van der Waals surface area contributed by atoms with Gasteiger partial charge >= 0.3 is 0 Å². The number of halogens is 1. The van der Waals surface area contributed by atoms with E-state index in [4.69, 9.17) is 17.3 Å². The third-order valence-corrected chi connectivity index (χ3v) is 3.84. The number of aromatic nitrogens is 2. The van der Waals surface area contributed by atoms with E-state index >= 15 is 0 Å². The summed E-state index contributed by atoms with van der Waals surface area (Å²) in [6, 6.07) is -0.0149. The molecule has 0 saturated carbocycles. The van der Waals surface area contributed by atoms with Gasteiger partial charge in [-0.15, -0.1) is 0 Å². The molecular formula is C13H23ClN4O. The van der Waals surface area contributed by atoms with E-state index < -0.39 is 0 Å². The number of nitrogens with one attached hydrogen (secondary N) is 1. The van der Waals surface area contributed by atoms with Gasteiger partial charge in [0.15, 0.2) is 0 Å². The molecule has 0 saturated heterocycles. The second-order valence-corrected chi connectivity index (χ2v) is 5.52. The van der Waals surface area contributed by atoms with E-state index in [1.165, 1.54) is 4.68 Å². The number of rotatable bonds is 6. The number of nitrogens with zero attached hydrogens (tertiary/aromatic N) is 2. The third kappa shape index (κ3) is 3.70. The first-order valence-electron chi connectivity index (χ1n) is 6.64. The van der Waals surface area contributed by atoms with Crippen LogP contribution in [-0.2, 0) is 0 Å². The maximum Gasteiger partial charge on any atom is 0.287 e. The van der Waals surface area contributed by atoms with Gasteiger partial charge < -0.3 is 11.1 Å². The van der Waals surface area contributed by atoms with Crippen molar-refractivity contribution in [2.45, 2.75) is 52.1 Å². The van der Waals surface area contributed by atoms with Crippen LogP contribution in [0.1, 0.15) is 46.6 Å². The zero-order chi connectivity index (χ0) is 14.6. The van der Waals surface area contributed by atoms with Gasteiger partial charge in [0, 0.05) is 12.1 Å². The monoisotopic (exact) mass is 286 g/mol. The van der Waals surface area contributed by atoms with Crippen molar-refractivity contribution in [1.82, 2.24) is 9.78 Å². The summed E-state index contributed by atoms with van der Waals surface area (Å²) >= 11 is 6.08. The summed E-state index contributed by atoms with van der Waals surface area (Å²) in [5.74, 6) is 0. The van der Waals surface area contributed by atoms with Crippen LogP contribution in [0.5, 0.6) is 0 Å². The van der Waals surface area contributed by atoms with Crippen LogP contribution in [-0.4, -0.2) is 21.9 Å². The summed E-state index contributed by atoms with van der Waals surface area (Å²) in [5.41, 5.74) is 6.17. The number of nitrogens with two attached hydrogens (primary N) is 1. The van der Waals surface area contributed by atoms with Crippen LogP contribution in [0.4, 0.5) is 5.69 Å². The maximum atomic E-state index is 12.0. The van der Waals surface area contributed by atoms with Crippen LogP contribution in [0.15, 0.2) is 11.0 Å². The molecule has 5 nitrogen and oxygen atoms in total. The third-order valence-electron chi connectivity index (χ3n) is 3.47. The Labute approximate surface area is 119 Å². The van der Waals surface area contributed by atoms with Crippen molar-refractivity contribution in [3.05, 3.63) is 21.6 Å². The van der Waals surface area contributed by atoms with Crippen molar-refractivity contribution in [1.29, 1.82) is 0 Å². The zero-order valence-corrected chi connectivity index (χ0v) is 12.8. The van der Waals surface area contributed by atoms with Crippen LogP contribution in [0, 0.1) is 0 Å². The molecule has 0 bridgehead atoms. The van der Waals surface area contributed by atoms with Crippen molar-refractivity contribution >= 4 is 17.3 Å². The lowest BCUT2D eigenvalue weighted by Crippen LogP contribution is -2.45. The molecule has 3 N–H and O–H groups in total. The molecule has 0 spiro atoms. The summed E-state index contributed by atoms with van der Waals surface area (Å²) in [6.45, 7) is 8.42. The minimum atomic E-state index is -0.295. The Hall–Kier alpha value is -1.07. The molecule has 1 aromatic heterocycles. The maximum absolute atomic E-state index is 12.0. The van der Waals surface area contributed by atoms with Crippen molar-refractivity contribution in [3.8, 4) is 0 Å². The van der Waals surface area contributed by atoms with Crippen LogP contribution >= 0.6 is 11.6 Å². The van der Waals surface area contributed by atoms with E-state index in [-0.39, 0.29) is 22.2 Å². The van der Waals surface area contributed by atoms with Gasteiger partial charge in [-0.1, -0.05) is 25.4 Å². The van der Waals surface area contributed by atoms with Gasteiger partial charge in [-0.05, 0) is 26.7 Å². The summed E-state index contributed by atoms with van der Waals surface area (Å²) < 4.78 is 1.36. The number of hydrogen-bond donors (Lipinski definition) is 2. The quantitative estimate of drug-likeness (QED) is 0.842. The van der Waals surface area contributed by atoms with E-state index in [0.717, 1.165) is 12.8 Å². The molecule has 19 heavy (non-hydrogen) atoms. The molecule has 0 aromatic carbocycles. The predicted octanol–water partition coefficient (Wildman–Crippen LogP) is 2.41. The normalized spacial score (nSPS) is 11.9. The molecule has 0 aliphatic carbocycles. The Bertz CT molecular complexity index is 480. The summed E-state index contributed by atoms with van der Waals surface area (Å²) in [6.07, 6.45) is 3.28. The second kappa shape index (κ2) is 6.39. The fraction of sp³-hybridized carbons (Fsp3) is 0.692. The van der Waals surface area contributed by atoms with Crippen LogP contribution in [0.3, 0.4) is 0 Å². The standard InChI is InChI=1S/C13H23ClN4O/c1-5-13(15,6-2)8-16-10-7-17-18(9(3)4)12(19)11(10)14/h7,9,16H,5-6,8,15H2,1-4H3. The van der Waals surface area contributed by atoms with Crippen LogP contribution in [0.25, 0.3) is 0 Å². The molecule has 6 heteroatoms. The van der Waals surface area contributed by atoms with E-state index in [2.05, 4.69) is 10.4 Å². The first-order chi connectivity index (χ1) is 8.84. The van der Waals surface area contributed by atoms with Gasteiger partial charge in [-0.25, -0.2) is 4.68 Å². The fourth-order valence-corrected chi connectivity index (χ4v) is 1.91. The number of anilines is 1. The highest BCUT2D eigenvalue weighted by Crippen LogP contribution is 2.19. The highest BCUT2D eigenvalue weighted by Gasteiger charge is 2.21. The zero-order valence-electron chi connectivity index (χ0n) is 12.0. The average molecular weight is 287 g/mol. The summed E-state index contributed by atoms with van der Waals surface area (Å²) in [4.78, 5) is 12.0. The molecule has 1 heterocycles. The lowest BCUT2D eigenvalue weighted by atomic mass is 9.94. The molecule has 0 aliphatic heterocycles. The fourth-order valence-electron chi connectivity index (χ4n) is 1.71. The molecular weight excluding hydrogens is 264 g/mol. The Balaban J connectivity index is 2.93. The summed E-state index contributed by atoms with van der Waals surface area (Å²) in [5, 5.41) is 7.40. The van der Waals surface area contributed by atoms with Crippen molar-refractivity contribution < 1.29 is 0 Å². The highest BCUT2D eigenvalue weighted by molar-refractivity contribution is 6.32. The van der Waals surface area contributed by atoms with Gasteiger partial charge in [0.25, 0.3) is 5.56 Å². The molecule has 0 radical (unpaired) electrons. The SMILES string of the molecule is CCC(N)(CC)CNc1cnn(C(C)C)c(=O)c1Cl. The van der Waals surface area contributed by atoms with Gasteiger partial charge in [0.1, 0.15) is 5.02 Å². The largest absolute Gasteiger partial charge is 0.381 e. The van der Waals surface area contributed by atoms with Gasteiger partial charge in [-0.2, -0.15) is 5.10 Å². The van der Waals surface area contributed by atoms with Crippen LogP contribution < -0.4 is 16.6 Å². The summed E-state index contributed by atoms with van der Waals surface area (Å²) in [7, 11) is 0. The minimum Gasteiger partial charge on any atom is -0.381 e. The highest BCUT2D eigenvalue weighted by atomic mass is 35.5. The topological polar surface area (TPSA) is 72.9 Å². The molecule has 1 aromatic rings. The Kier molecular flexibility index (Phi) is 5.38. The predicted molar refractivity (Wildman–Crippen MR) is 79.9 cm³/mol. The van der Waals surface area contributed by atoms with Crippen molar-refractivity contribution in [2.75, 3.05) is 11.9 Å². The van der Waals surface area contributed by atoms with Gasteiger partial charge in [0.2, 0.25) is 0 Å². The second-order valence-electron chi connectivity index (χ2n) is 5.14. The molecule has 108 valence electrons. The lowest BCUT2D eigenvalue weighted by molar-refractivity contribution is 0.418. The van der Waals surface area contributed by atoms with E-state index in [0.29, 0.717) is 12.2 Å². The Morgan fingerprint density at radius 1 is 1.47 bits per heavy atom. The van der Waals surface area contributed by atoms with E-state index in [9.17, 15) is 4.79 Å². The molecule has 0 unspecified atom stereocenters. The Morgan fingerprint density at radius 2 is 2.05 bits per heavy atom. The Morgan fingerprint density at radius 3 is 2.53 bits per heavy atom. The van der Waals surface area contributed by atoms with Gasteiger partial charge in [-0.3, -0.25) is 4.79 Å². The lowest BCUT2D eigenvalue weighted by Gasteiger charge is -2.27. The van der Waals surface area contributed by atoms with Crippen molar-refractivity contribution in [2.24, 2.45) is 5.73 Å². The smallest absolute Gasteiger partial charge is 0.287 e. The minimum absolute atomic E-state index is 0.0149. The van der Waals surface area contributed by atoms with Crippen molar-refractivity contribution in [3.63, 3.8) is 0 Å². The molecule has 0 aliphatic rings. The van der Waals surface area contributed by atoms with Gasteiger partial charge in [0.05, 0.1) is 17.9 Å². The first-order valence-corrected chi connectivity index (χ1v) is 7.02. The molecule has 0 fully saturated rings. The van der Waals surface area contributed by atoms with E-state index in [1.807, 2.05) is 27.7 Å². The molecule has 0 atom stereocenters. The number of hydrogen-bond acceptors (Lipinski definition) is 4. The van der Waals surface area contributed by atoms with E-state index in [1.54, 1.807) is 6.20 Å².